The van der Waals surface area contributed by atoms with E-state index < -0.39 is 16.8 Å². The Morgan fingerprint density at radius 2 is 1.96 bits per heavy atom. The summed E-state index contributed by atoms with van der Waals surface area (Å²) in [5, 5.41) is 14.2. The first-order valence-electron chi connectivity index (χ1n) is 8.16. The van der Waals surface area contributed by atoms with E-state index in [1.165, 1.54) is 36.5 Å². The summed E-state index contributed by atoms with van der Waals surface area (Å²) in [6.07, 6.45) is 0.627. The fraction of sp³-hybridized carbons (Fsp3) is 0.333. The molecule has 0 saturated heterocycles. The van der Waals surface area contributed by atoms with E-state index in [2.05, 4.69) is 5.32 Å². The Morgan fingerprint density at radius 1 is 1.27 bits per heavy atom. The Balaban J connectivity index is 2.43. The molecule has 1 aromatic heterocycles. The number of amides is 1. The smallest absolute Gasteiger partial charge is 0.341 e. The van der Waals surface area contributed by atoms with Gasteiger partial charge in [-0.05, 0) is 38.8 Å². The number of aryl methyl sites for hydroxylation is 1. The van der Waals surface area contributed by atoms with E-state index in [0.29, 0.717) is 17.0 Å². The minimum absolute atomic E-state index is 0.125. The molecule has 8 heteroatoms. The van der Waals surface area contributed by atoms with Gasteiger partial charge in [-0.1, -0.05) is 13.0 Å². The van der Waals surface area contributed by atoms with Crippen LogP contribution in [0.1, 0.15) is 50.6 Å². The molecule has 0 unspecified atom stereocenters. The molecule has 0 saturated carbocycles. The van der Waals surface area contributed by atoms with Crippen LogP contribution in [-0.2, 0) is 11.2 Å². The molecule has 1 heterocycles. The lowest BCUT2D eigenvalue weighted by Crippen LogP contribution is -2.16. The van der Waals surface area contributed by atoms with Crippen molar-refractivity contribution in [2.45, 2.75) is 34.1 Å². The molecular weight excluding hydrogens is 356 g/mol. The average Bonchev–Trinajstić information content (AvgIpc) is 2.89. The standard InChI is InChI=1S/C18H20N2O5S/c1-5-12-11(4)26-17(15(12)18(22)25-6-2)19-16(21)13-8-7-9-14(10(13)3)20(23)24/h7-9H,5-6H2,1-4H3,(H,19,21). The van der Waals surface area contributed by atoms with Crippen LogP contribution < -0.4 is 5.32 Å². The first-order chi connectivity index (χ1) is 12.3. The van der Waals surface area contributed by atoms with Crippen molar-refractivity contribution in [3.8, 4) is 0 Å². The molecule has 0 atom stereocenters. The number of carbonyl (C=O) groups is 2. The quantitative estimate of drug-likeness (QED) is 0.461. The van der Waals surface area contributed by atoms with Crippen LogP contribution in [0.5, 0.6) is 0 Å². The third-order valence-corrected chi connectivity index (χ3v) is 5.08. The lowest BCUT2D eigenvalue weighted by molar-refractivity contribution is -0.385. The normalized spacial score (nSPS) is 10.5. The molecule has 26 heavy (non-hydrogen) atoms. The Kier molecular flexibility index (Phi) is 6.10. The fourth-order valence-corrected chi connectivity index (χ4v) is 3.88. The van der Waals surface area contributed by atoms with Gasteiger partial charge in [-0.2, -0.15) is 0 Å². The second kappa shape index (κ2) is 8.09. The summed E-state index contributed by atoms with van der Waals surface area (Å²) in [6, 6.07) is 4.33. The number of nitrogens with one attached hydrogen (secondary N) is 1. The molecule has 0 bridgehead atoms. The van der Waals surface area contributed by atoms with Gasteiger partial charge in [0.2, 0.25) is 0 Å². The molecule has 0 aliphatic rings. The van der Waals surface area contributed by atoms with Gasteiger partial charge in [-0.15, -0.1) is 11.3 Å². The zero-order valence-corrected chi connectivity index (χ0v) is 15.9. The van der Waals surface area contributed by atoms with Gasteiger partial charge < -0.3 is 10.1 Å². The van der Waals surface area contributed by atoms with E-state index in [1.807, 2.05) is 13.8 Å². The molecule has 1 amide bonds. The second-order valence-electron chi connectivity index (χ2n) is 5.58. The third-order valence-electron chi connectivity index (χ3n) is 4.02. The van der Waals surface area contributed by atoms with Gasteiger partial charge in [0.25, 0.3) is 11.6 Å². The minimum Gasteiger partial charge on any atom is -0.462 e. The minimum atomic E-state index is -0.527. The van der Waals surface area contributed by atoms with Crippen LogP contribution in [0.2, 0.25) is 0 Å². The number of benzene rings is 1. The molecular formula is C18H20N2O5S. The summed E-state index contributed by atoms with van der Waals surface area (Å²) in [4.78, 5) is 36.5. The lowest BCUT2D eigenvalue weighted by Gasteiger charge is -2.09. The topological polar surface area (TPSA) is 98.5 Å². The monoisotopic (exact) mass is 376 g/mol. The number of hydrogen-bond acceptors (Lipinski definition) is 6. The highest BCUT2D eigenvalue weighted by molar-refractivity contribution is 7.16. The molecule has 2 rings (SSSR count). The van der Waals surface area contributed by atoms with Gasteiger partial charge >= 0.3 is 5.97 Å². The summed E-state index contributed by atoms with van der Waals surface area (Å²) in [7, 11) is 0. The summed E-state index contributed by atoms with van der Waals surface area (Å²) < 4.78 is 5.11. The van der Waals surface area contributed by atoms with E-state index >= 15 is 0 Å². The predicted octanol–water partition coefficient (Wildman–Crippen LogP) is 4.26. The molecule has 7 nitrogen and oxygen atoms in total. The third kappa shape index (κ3) is 3.75. The number of esters is 1. The summed E-state index contributed by atoms with van der Waals surface area (Å²) in [5.41, 5.74) is 1.53. The van der Waals surface area contributed by atoms with Crippen molar-refractivity contribution < 1.29 is 19.2 Å². The van der Waals surface area contributed by atoms with Crippen LogP contribution in [0.4, 0.5) is 10.7 Å². The zero-order chi connectivity index (χ0) is 19.4. The Labute approximate surface area is 155 Å². The van der Waals surface area contributed by atoms with Gasteiger partial charge in [0.1, 0.15) is 5.00 Å². The molecule has 1 aromatic carbocycles. The average molecular weight is 376 g/mol. The molecule has 0 radical (unpaired) electrons. The number of nitrogens with zero attached hydrogens (tertiary/aromatic N) is 1. The van der Waals surface area contributed by atoms with Crippen molar-refractivity contribution in [1.29, 1.82) is 0 Å². The summed E-state index contributed by atoms with van der Waals surface area (Å²) in [6.45, 7) is 7.27. The maximum Gasteiger partial charge on any atom is 0.341 e. The number of carbonyl (C=O) groups excluding carboxylic acids is 2. The predicted molar refractivity (Wildman–Crippen MR) is 100 cm³/mol. The van der Waals surface area contributed by atoms with Crippen LogP contribution >= 0.6 is 11.3 Å². The number of anilines is 1. The number of thiophene rings is 1. The fourth-order valence-electron chi connectivity index (χ4n) is 2.75. The number of nitro benzene ring substituents is 1. The Morgan fingerprint density at radius 3 is 2.54 bits per heavy atom. The van der Waals surface area contributed by atoms with Gasteiger partial charge in [0.15, 0.2) is 0 Å². The van der Waals surface area contributed by atoms with Crippen LogP contribution in [0, 0.1) is 24.0 Å². The largest absolute Gasteiger partial charge is 0.462 e. The van der Waals surface area contributed by atoms with Crippen molar-refractivity contribution >= 4 is 33.9 Å². The molecule has 0 aliphatic heterocycles. The van der Waals surface area contributed by atoms with E-state index in [0.717, 1.165) is 10.4 Å². The van der Waals surface area contributed by atoms with E-state index in [9.17, 15) is 19.7 Å². The van der Waals surface area contributed by atoms with Crippen LogP contribution in [0.25, 0.3) is 0 Å². The molecule has 1 N–H and O–H groups in total. The first-order valence-corrected chi connectivity index (χ1v) is 8.98. The number of ether oxygens (including phenoxy) is 1. The Bertz CT molecular complexity index is 873. The maximum absolute atomic E-state index is 12.7. The lowest BCUT2D eigenvalue weighted by atomic mass is 10.1. The van der Waals surface area contributed by atoms with Crippen molar-refractivity contribution in [1.82, 2.24) is 0 Å². The highest BCUT2D eigenvalue weighted by atomic mass is 32.1. The molecule has 0 spiro atoms. The second-order valence-corrected chi connectivity index (χ2v) is 6.80. The highest BCUT2D eigenvalue weighted by Crippen LogP contribution is 2.34. The van der Waals surface area contributed by atoms with Gasteiger partial charge in [-0.3, -0.25) is 14.9 Å². The van der Waals surface area contributed by atoms with Crippen LogP contribution in [0.15, 0.2) is 18.2 Å². The summed E-state index contributed by atoms with van der Waals surface area (Å²) >= 11 is 1.29. The molecule has 2 aromatic rings. The molecule has 0 aliphatic carbocycles. The van der Waals surface area contributed by atoms with Crippen molar-refractivity contribution in [3.63, 3.8) is 0 Å². The molecule has 138 valence electrons. The highest BCUT2D eigenvalue weighted by Gasteiger charge is 2.25. The van der Waals surface area contributed by atoms with Crippen molar-refractivity contribution in [2.24, 2.45) is 0 Å². The van der Waals surface area contributed by atoms with Crippen molar-refractivity contribution in [3.05, 3.63) is 55.4 Å². The number of nitro groups is 1. The first kappa shape index (κ1) is 19.6. The van der Waals surface area contributed by atoms with Crippen molar-refractivity contribution in [2.75, 3.05) is 11.9 Å². The van der Waals surface area contributed by atoms with Crippen LogP contribution in [-0.4, -0.2) is 23.4 Å². The van der Waals surface area contributed by atoms with E-state index in [4.69, 9.17) is 4.74 Å². The van der Waals surface area contributed by atoms with E-state index in [1.54, 1.807) is 6.92 Å². The SMILES string of the molecule is CCOC(=O)c1c(NC(=O)c2cccc([N+](=O)[O-])c2C)sc(C)c1CC. The van der Waals surface area contributed by atoms with Gasteiger partial charge in [0.05, 0.1) is 17.1 Å². The zero-order valence-electron chi connectivity index (χ0n) is 15.0. The number of rotatable bonds is 6. The summed E-state index contributed by atoms with van der Waals surface area (Å²) in [5.74, 6) is -0.986. The maximum atomic E-state index is 12.7. The van der Waals surface area contributed by atoms with Gasteiger partial charge in [0, 0.05) is 22.1 Å². The van der Waals surface area contributed by atoms with Crippen LogP contribution in [0.3, 0.4) is 0 Å². The van der Waals surface area contributed by atoms with Gasteiger partial charge in [-0.25, -0.2) is 4.79 Å². The Hall–Kier alpha value is -2.74. The van der Waals surface area contributed by atoms with E-state index in [-0.39, 0.29) is 23.4 Å². The number of hydrogen-bond donors (Lipinski definition) is 1. The molecule has 0 fully saturated rings.